The lowest BCUT2D eigenvalue weighted by molar-refractivity contribution is 0.102. The summed E-state index contributed by atoms with van der Waals surface area (Å²) < 4.78 is 15.4. The maximum atomic E-state index is 13.4. The van der Waals surface area contributed by atoms with E-state index in [-0.39, 0.29) is 12.5 Å². The van der Waals surface area contributed by atoms with Crippen molar-refractivity contribution in [1.82, 2.24) is 19.2 Å². The van der Waals surface area contributed by atoms with Gasteiger partial charge in [-0.15, -0.1) is 0 Å². The highest BCUT2D eigenvalue weighted by Crippen LogP contribution is 2.32. The van der Waals surface area contributed by atoms with Gasteiger partial charge in [-0.25, -0.2) is 9.67 Å². The number of amides is 1. The molecule has 37 heavy (non-hydrogen) atoms. The number of nitrogens with zero attached hydrogens (tertiary/aromatic N) is 4. The second kappa shape index (κ2) is 9.46. The van der Waals surface area contributed by atoms with Crippen molar-refractivity contribution >= 4 is 17.2 Å². The molecular weight excluding hydrogens is 466 g/mol. The van der Waals surface area contributed by atoms with Crippen LogP contribution in [-0.2, 0) is 19.4 Å². The average molecular weight is 494 g/mol. The second-order valence-corrected chi connectivity index (χ2v) is 9.13. The Hall–Kier alpha value is -4.59. The van der Waals surface area contributed by atoms with Crippen LogP contribution in [0.4, 0.5) is 5.69 Å². The Kier molecular flexibility index (Phi) is 5.84. The lowest BCUT2D eigenvalue weighted by Crippen LogP contribution is -2.15. The Labute approximate surface area is 214 Å². The van der Waals surface area contributed by atoms with Crippen molar-refractivity contribution in [2.45, 2.75) is 32.8 Å². The summed E-state index contributed by atoms with van der Waals surface area (Å²) in [5.74, 6) is 0.862. The lowest BCUT2D eigenvalue weighted by atomic mass is 10.1. The van der Waals surface area contributed by atoms with Gasteiger partial charge in [-0.3, -0.25) is 4.79 Å². The van der Waals surface area contributed by atoms with Crippen LogP contribution in [0.3, 0.4) is 0 Å². The van der Waals surface area contributed by atoms with Crippen LogP contribution in [0.5, 0.6) is 11.5 Å². The number of nitrogens with one attached hydrogen (secondary N) is 1. The van der Waals surface area contributed by atoms with Gasteiger partial charge >= 0.3 is 0 Å². The van der Waals surface area contributed by atoms with E-state index in [4.69, 9.17) is 14.6 Å². The van der Waals surface area contributed by atoms with Gasteiger partial charge < -0.3 is 19.2 Å². The fraction of sp³-hybridized carbons (Fsp3) is 0.207. The van der Waals surface area contributed by atoms with E-state index in [1.165, 1.54) is 0 Å². The van der Waals surface area contributed by atoms with Gasteiger partial charge in [0.1, 0.15) is 12.3 Å². The number of hydrogen-bond donors (Lipinski definition) is 1. The minimum Gasteiger partial charge on any atom is -0.493 e. The molecule has 1 aliphatic carbocycles. The highest BCUT2D eigenvalue weighted by Gasteiger charge is 2.27. The molecule has 0 saturated carbocycles. The molecule has 3 heterocycles. The van der Waals surface area contributed by atoms with E-state index in [2.05, 4.69) is 23.3 Å². The molecule has 0 aliphatic heterocycles. The van der Waals surface area contributed by atoms with Crippen LogP contribution in [0.1, 0.15) is 39.4 Å². The number of carbonyl (C=O) groups excluding carboxylic acids is 1. The molecule has 0 bridgehead atoms. The summed E-state index contributed by atoms with van der Waals surface area (Å²) in [5.41, 5.74) is 6.99. The molecule has 8 heteroatoms. The van der Waals surface area contributed by atoms with Crippen molar-refractivity contribution in [2.24, 2.45) is 0 Å². The number of hydrogen-bond acceptors (Lipinski definition) is 5. The van der Waals surface area contributed by atoms with Crippen molar-refractivity contribution in [3.05, 3.63) is 101 Å². The molecule has 6 rings (SSSR count). The quantitative estimate of drug-likeness (QED) is 0.339. The van der Waals surface area contributed by atoms with Crippen molar-refractivity contribution in [3.63, 3.8) is 0 Å². The van der Waals surface area contributed by atoms with Crippen LogP contribution < -0.4 is 14.8 Å². The molecule has 186 valence electrons. The Morgan fingerprint density at radius 2 is 1.92 bits per heavy atom. The van der Waals surface area contributed by atoms with E-state index < -0.39 is 0 Å². The fourth-order valence-corrected chi connectivity index (χ4v) is 4.89. The smallest absolute Gasteiger partial charge is 0.276 e. The average Bonchev–Trinajstić information content (AvgIpc) is 3.63. The second-order valence-electron chi connectivity index (χ2n) is 9.13. The summed E-state index contributed by atoms with van der Waals surface area (Å²) in [6.45, 7) is 2.33. The first-order valence-electron chi connectivity index (χ1n) is 12.3. The monoisotopic (exact) mass is 493 g/mol. The Balaban J connectivity index is 1.24. The molecule has 1 aliphatic rings. The number of fused-ring (bicyclic) bond motifs is 2. The topological polar surface area (TPSA) is 82.7 Å². The molecular formula is C29H27N5O3. The van der Waals surface area contributed by atoms with Crippen LogP contribution in [0.15, 0.2) is 73.1 Å². The van der Waals surface area contributed by atoms with Crippen LogP contribution >= 0.6 is 0 Å². The maximum Gasteiger partial charge on any atom is 0.276 e. The molecule has 8 nitrogen and oxygen atoms in total. The summed E-state index contributed by atoms with van der Waals surface area (Å²) in [6.07, 6.45) is 6.65. The van der Waals surface area contributed by atoms with E-state index in [0.717, 1.165) is 53.1 Å². The van der Waals surface area contributed by atoms with Crippen molar-refractivity contribution < 1.29 is 14.3 Å². The summed E-state index contributed by atoms with van der Waals surface area (Å²) in [5, 5.41) is 7.76. The number of methoxy groups -OCH3 is 1. The van der Waals surface area contributed by atoms with Crippen molar-refractivity contribution in [1.29, 1.82) is 0 Å². The maximum absolute atomic E-state index is 13.4. The Bertz CT molecular complexity index is 1580. The predicted molar refractivity (Wildman–Crippen MR) is 141 cm³/mol. The zero-order valence-corrected chi connectivity index (χ0v) is 20.8. The fourth-order valence-electron chi connectivity index (χ4n) is 4.89. The molecule has 1 amide bonds. The molecule has 1 N–H and O–H groups in total. The number of para-hydroxylation sites is 1. The first kappa shape index (κ1) is 22.8. The number of ether oxygens (including phenoxy) is 2. The van der Waals surface area contributed by atoms with Gasteiger partial charge in [-0.2, -0.15) is 5.10 Å². The highest BCUT2D eigenvalue weighted by molar-refractivity contribution is 6.04. The summed E-state index contributed by atoms with van der Waals surface area (Å²) in [6, 6.07) is 19.3. The molecule has 0 spiro atoms. The van der Waals surface area contributed by atoms with E-state index in [1.54, 1.807) is 25.3 Å². The Morgan fingerprint density at radius 3 is 2.76 bits per heavy atom. The number of aryl methyl sites for hydroxylation is 1. The van der Waals surface area contributed by atoms with Crippen molar-refractivity contribution in [3.8, 4) is 17.2 Å². The number of aromatic nitrogens is 4. The SMILES string of the molecule is COc1ccc(NC(=O)c2nn(-c3ccccc3C)c3c2CCC3)cc1OCc1cn2ccccc2n1. The van der Waals surface area contributed by atoms with Crippen LogP contribution in [0, 0.1) is 6.92 Å². The van der Waals surface area contributed by atoms with E-state index in [0.29, 0.717) is 22.9 Å². The summed E-state index contributed by atoms with van der Waals surface area (Å²) in [7, 11) is 1.59. The number of anilines is 1. The minimum atomic E-state index is -0.234. The normalized spacial score (nSPS) is 12.5. The standard InChI is InChI=1S/C29H27N5O3/c1-19-8-3-4-10-23(19)34-24-11-7-9-22(24)28(32-34)29(35)31-20-13-14-25(36-2)26(16-20)37-18-21-17-33-15-6-5-12-27(33)30-21/h3-6,8,10,12-17H,7,9,11,18H2,1-2H3,(H,31,35). The molecule has 0 radical (unpaired) electrons. The first-order chi connectivity index (χ1) is 18.1. The van der Waals surface area contributed by atoms with E-state index in [9.17, 15) is 4.79 Å². The molecule has 2 aromatic carbocycles. The van der Waals surface area contributed by atoms with Crippen LogP contribution in [0.2, 0.25) is 0 Å². The molecule has 3 aromatic heterocycles. The molecule has 5 aromatic rings. The van der Waals surface area contributed by atoms with E-state index in [1.807, 2.05) is 57.9 Å². The van der Waals surface area contributed by atoms with Gasteiger partial charge in [-0.1, -0.05) is 24.3 Å². The third kappa shape index (κ3) is 4.31. The minimum absolute atomic E-state index is 0.234. The summed E-state index contributed by atoms with van der Waals surface area (Å²) >= 11 is 0. The van der Waals surface area contributed by atoms with Gasteiger partial charge in [0.15, 0.2) is 17.2 Å². The van der Waals surface area contributed by atoms with Gasteiger partial charge in [0, 0.05) is 35.4 Å². The number of carbonyl (C=O) groups is 1. The zero-order chi connectivity index (χ0) is 25.4. The predicted octanol–water partition coefficient (Wildman–Crippen LogP) is 5.16. The van der Waals surface area contributed by atoms with Gasteiger partial charge in [0.2, 0.25) is 0 Å². The zero-order valence-electron chi connectivity index (χ0n) is 20.8. The highest BCUT2D eigenvalue weighted by atomic mass is 16.5. The molecule has 0 saturated heterocycles. The van der Waals surface area contributed by atoms with Crippen molar-refractivity contribution in [2.75, 3.05) is 12.4 Å². The number of rotatable bonds is 7. The third-order valence-electron chi connectivity index (χ3n) is 6.70. The van der Waals surface area contributed by atoms with Gasteiger partial charge in [0.05, 0.1) is 18.5 Å². The summed E-state index contributed by atoms with van der Waals surface area (Å²) in [4.78, 5) is 18.0. The number of benzene rings is 2. The lowest BCUT2D eigenvalue weighted by Gasteiger charge is -2.12. The number of imidazole rings is 1. The van der Waals surface area contributed by atoms with E-state index >= 15 is 0 Å². The van der Waals surface area contributed by atoms with Gasteiger partial charge in [0.25, 0.3) is 5.91 Å². The number of pyridine rings is 1. The molecule has 0 unspecified atom stereocenters. The Morgan fingerprint density at radius 1 is 1.05 bits per heavy atom. The van der Waals surface area contributed by atoms with Crippen LogP contribution in [-0.4, -0.2) is 32.2 Å². The molecule has 0 fully saturated rings. The largest absolute Gasteiger partial charge is 0.493 e. The van der Waals surface area contributed by atoms with Crippen LogP contribution in [0.25, 0.3) is 11.3 Å². The first-order valence-corrected chi connectivity index (χ1v) is 12.3. The third-order valence-corrected chi connectivity index (χ3v) is 6.70. The molecule has 0 atom stereocenters. The van der Waals surface area contributed by atoms with Gasteiger partial charge in [-0.05, 0) is 62.1 Å².